The average molecular weight is 319 g/mol. The van der Waals surface area contributed by atoms with Crippen LogP contribution in [-0.2, 0) is 16.7 Å². The third-order valence-corrected chi connectivity index (χ3v) is 3.84. The molecule has 0 saturated carbocycles. The van der Waals surface area contributed by atoms with E-state index in [0.717, 1.165) is 3.97 Å². The van der Waals surface area contributed by atoms with Gasteiger partial charge in [0, 0.05) is 17.9 Å². The molecule has 0 unspecified atom stereocenters. The summed E-state index contributed by atoms with van der Waals surface area (Å²) in [5, 5.41) is 0. The molecule has 20 heavy (non-hydrogen) atoms. The van der Waals surface area contributed by atoms with Crippen LogP contribution in [0.15, 0.2) is 24.3 Å². The number of hydrogen-bond donors (Lipinski definition) is 1. The first-order valence-corrected chi connectivity index (χ1v) is 7.66. The molecule has 1 aromatic heterocycles. The third kappa shape index (κ3) is 2.84. The van der Waals surface area contributed by atoms with E-state index in [4.69, 9.17) is 11.6 Å². The van der Waals surface area contributed by atoms with Crippen molar-refractivity contribution in [2.24, 2.45) is 0 Å². The lowest BCUT2D eigenvalue weighted by molar-refractivity contribution is 0.472. The van der Waals surface area contributed by atoms with Crippen molar-refractivity contribution in [2.45, 2.75) is 13.3 Å². The van der Waals surface area contributed by atoms with Crippen molar-refractivity contribution in [2.75, 3.05) is 5.88 Å². The van der Waals surface area contributed by atoms with Crippen LogP contribution in [0.5, 0.6) is 0 Å². The molecule has 0 saturated heterocycles. The highest BCUT2D eigenvalue weighted by Crippen LogP contribution is 2.27. The van der Waals surface area contributed by atoms with E-state index in [1.54, 1.807) is 0 Å². The van der Waals surface area contributed by atoms with Crippen molar-refractivity contribution in [3.8, 4) is 11.3 Å². The summed E-state index contributed by atoms with van der Waals surface area (Å²) in [7, 11) is -4.50. The Morgan fingerprint density at radius 1 is 1.35 bits per heavy atom. The topological polar surface area (TPSA) is 72.2 Å². The van der Waals surface area contributed by atoms with Gasteiger partial charge < -0.3 is 0 Å². The van der Waals surface area contributed by atoms with Gasteiger partial charge in [-0.1, -0.05) is 0 Å². The first-order valence-electron chi connectivity index (χ1n) is 5.72. The van der Waals surface area contributed by atoms with Gasteiger partial charge >= 0.3 is 10.3 Å². The fourth-order valence-electron chi connectivity index (χ4n) is 2.01. The SMILES string of the molecule is Cc1nc(CCCl)c(-c2ccc(F)cc2)n1S(=O)(=O)O. The molecule has 0 aliphatic rings. The Bertz CT molecular complexity index is 726. The number of halogens is 2. The number of nitrogens with zero attached hydrogens (tertiary/aromatic N) is 2. The Kier molecular flexibility index (Phi) is 4.12. The summed E-state index contributed by atoms with van der Waals surface area (Å²) in [5.41, 5.74) is 1.07. The highest BCUT2D eigenvalue weighted by atomic mass is 35.5. The number of alkyl halides is 1. The van der Waals surface area contributed by atoms with Crippen LogP contribution in [0.4, 0.5) is 4.39 Å². The number of rotatable bonds is 4. The van der Waals surface area contributed by atoms with Crippen LogP contribution >= 0.6 is 11.6 Å². The number of aryl methyl sites for hydroxylation is 2. The van der Waals surface area contributed by atoms with Crippen LogP contribution in [0.25, 0.3) is 11.3 Å². The highest BCUT2D eigenvalue weighted by molar-refractivity contribution is 7.84. The van der Waals surface area contributed by atoms with Crippen LogP contribution in [-0.4, -0.2) is 27.8 Å². The standard InChI is InChI=1S/C12H12ClFN2O3S/c1-8-15-11(6-7-13)12(16(8)20(17,18)19)9-2-4-10(14)5-3-9/h2-5H,6-7H2,1H3,(H,17,18,19). The molecule has 2 aromatic rings. The molecule has 0 spiro atoms. The normalized spacial score (nSPS) is 11.8. The van der Waals surface area contributed by atoms with Crippen molar-refractivity contribution >= 4 is 21.9 Å². The Morgan fingerprint density at radius 3 is 2.45 bits per heavy atom. The van der Waals surface area contributed by atoms with Gasteiger partial charge in [-0.3, -0.25) is 4.55 Å². The summed E-state index contributed by atoms with van der Waals surface area (Å²) < 4.78 is 46.0. The van der Waals surface area contributed by atoms with Crippen LogP contribution in [0.3, 0.4) is 0 Å². The molecule has 0 atom stereocenters. The third-order valence-electron chi connectivity index (χ3n) is 2.75. The molecule has 108 valence electrons. The van der Waals surface area contributed by atoms with Gasteiger partial charge in [0.25, 0.3) is 0 Å². The molecule has 1 heterocycles. The van der Waals surface area contributed by atoms with Crippen molar-refractivity contribution in [1.29, 1.82) is 0 Å². The van der Waals surface area contributed by atoms with E-state index in [-0.39, 0.29) is 17.4 Å². The molecule has 0 aliphatic heterocycles. The number of aromatic nitrogens is 2. The maximum Gasteiger partial charge on any atom is 0.365 e. The second kappa shape index (κ2) is 5.51. The number of imidazole rings is 1. The van der Waals surface area contributed by atoms with Crippen LogP contribution in [0.1, 0.15) is 11.5 Å². The Hall–Kier alpha value is -1.44. The smallest absolute Gasteiger partial charge is 0.269 e. The summed E-state index contributed by atoms with van der Waals surface area (Å²) in [6.45, 7) is 1.46. The second-order valence-corrected chi connectivity index (χ2v) is 5.78. The van der Waals surface area contributed by atoms with Crippen molar-refractivity contribution < 1.29 is 17.4 Å². The molecule has 1 N–H and O–H groups in total. The zero-order chi connectivity index (χ0) is 14.9. The van der Waals surface area contributed by atoms with Crippen molar-refractivity contribution in [3.63, 3.8) is 0 Å². The monoisotopic (exact) mass is 318 g/mol. The van der Waals surface area contributed by atoms with E-state index < -0.39 is 16.1 Å². The van der Waals surface area contributed by atoms with Gasteiger partial charge in [-0.15, -0.1) is 11.6 Å². The molecule has 2 rings (SSSR count). The van der Waals surface area contributed by atoms with Crippen LogP contribution in [0.2, 0.25) is 0 Å². The molecule has 0 bridgehead atoms. The Labute approximate surface area is 120 Å². The molecule has 1 aromatic carbocycles. The van der Waals surface area contributed by atoms with E-state index in [1.807, 2.05) is 0 Å². The molecule has 0 amide bonds. The minimum Gasteiger partial charge on any atom is -0.269 e. The van der Waals surface area contributed by atoms with Crippen LogP contribution in [0, 0.1) is 12.7 Å². The summed E-state index contributed by atoms with van der Waals surface area (Å²) in [6, 6.07) is 5.25. The Morgan fingerprint density at radius 2 is 1.95 bits per heavy atom. The lowest BCUT2D eigenvalue weighted by Gasteiger charge is -2.08. The maximum absolute atomic E-state index is 13.0. The Balaban J connectivity index is 2.74. The largest absolute Gasteiger partial charge is 0.365 e. The lowest BCUT2D eigenvalue weighted by Crippen LogP contribution is -2.14. The van der Waals surface area contributed by atoms with Gasteiger partial charge in [0.15, 0.2) is 0 Å². The number of hydrogen-bond acceptors (Lipinski definition) is 3. The van der Waals surface area contributed by atoms with E-state index in [0.29, 0.717) is 17.7 Å². The highest BCUT2D eigenvalue weighted by Gasteiger charge is 2.23. The van der Waals surface area contributed by atoms with Crippen LogP contribution < -0.4 is 0 Å². The fraction of sp³-hybridized carbons (Fsp3) is 0.250. The number of benzene rings is 1. The minimum atomic E-state index is -4.50. The summed E-state index contributed by atoms with van der Waals surface area (Å²) in [6.07, 6.45) is 0.331. The van der Waals surface area contributed by atoms with Gasteiger partial charge in [-0.2, -0.15) is 8.42 Å². The van der Waals surface area contributed by atoms with Gasteiger partial charge in [0.1, 0.15) is 11.6 Å². The van der Waals surface area contributed by atoms with Gasteiger partial charge in [-0.05, 0) is 31.2 Å². The molecule has 0 fully saturated rings. The lowest BCUT2D eigenvalue weighted by atomic mass is 10.1. The van der Waals surface area contributed by atoms with E-state index >= 15 is 0 Å². The maximum atomic E-state index is 13.0. The predicted molar refractivity (Wildman–Crippen MR) is 73.7 cm³/mol. The average Bonchev–Trinajstić information content (AvgIpc) is 2.67. The molecular weight excluding hydrogens is 307 g/mol. The minimum absolute atomic E-state index is 0.118. The van der Waals surface area contributed by atoms with Gasteiger partial charge in [0.05, 0.1) is 11.4 Å². The summed E-state index contributed by atoms with van der Waals surface area (Å²) >= 11 is 5.68. The second-order valence-electron chi connectivity index (χ2n) is 4.14. The van der Waals surface area contributed by atoms with Gasteiger partial charge in [0.2, 0.25) is 0 Å². The van der Waals surface area contributed by atoms with E-state index in [1.165, 1.54) is 31.2 Å². The molecule has 8 heteroatoms. The molecule has 5 nitrogen and oxygen atoms in total. The van der Waals surface area contributed by atoms with Crippen molar-refractivity contribution in [1.82, 2.24) is 8.96 Å². The zero-order valence-corrected chi connectivity index (χ0v) is 12.1. The van der Waals surface area contributed by atoms with E-state index in [2.05, 4.69) is 4.98 Å². The van der Waals surface area contributed by atoms with Crippen molar-refractivity contribution in [3.05, 3.63) is 41.6 Å². The molecular formula is C12H12ClFN2O3S. The summed E-state index contributed by atoms with van der Waals surface area (Å²) in [5.74, 6) is -0.0786. The zero-order valence-electron chi connectivity index (χ0n) is 10.5. The molecule has 0 radical (unpaired) electrons. The van der Waals surface area contributed by atoms with E-state index in [9.17, 15) is 17.4 Å². The first kappa shape index (κ1) is 15.0. The fourth-order valence-corrected chi connectivity index (χ4v) is 3.01. The summed E-state index contributed by atoms with van der Waals surface area (Å²) in [4.78, 5) is 4.11. The predicted octanol–water partition coefficient (Wildman–Crippen LogP) is 2.43. The molecule has 0 aliphatic carbocycles. The quantitative estimate of drug-likeness (QED) is 0.694. The van der Waals surface area contributed by atoms with Gasteiger partial charge in [-0.25, -0.2) is 13.3 Å². The first-order chi connectivity index (χ1) is 9.34.